The van der Waals surface area contributed by atoms with E-state index in [0.29, 0.717) is 38.0 Å². The van der Waals surface area contributed by atoms with E-state index in [1.165, 1.54) is 0 Å². The van der Waals surface area contributed by atoms with Gasteiger partial charge in [0.1, 0.15) is 11.0 Å². The number of hydrogen-bond acceptors (Lipinski definition) is 9. The van der Waals surface area contributed by atoms with Crippen molar-refractivity contribution >= 4 is 38.2 Å². The second kappa shape index (κ2) is 14.4. The number of carbonyl (C=O) groups is 1. The molecular formula is C20H43ClN6O5S2. The Morgan fingerprint density at radius 1 is 0.824 bits per heavy atom. The van der Waals surface area contributed by atoms with Crippen LogP contribution < -0.4 is 15.6 Å². The normalized spacial score (nSPS) is 23.9. The van der Waals surface area contributed by atoms with Gasteiger partial charge in [0.15, 0.2) is 0 Å². The number of carbonyl (C=O) groups excluding carboxylic acids is 1. The first-order chi connectivity index (χ1) is 15.4. The average molecular weight is 547 g/mol. The number of Topliss-reactive ketones (excluding diaryl/α,β-unsaturated/α-hetero) is 1. The van der Waals surface area contributed by atoms with Crippen molar-refractivity contribution in [3.05, 3.63) is 0 Å². The van der Waals surface area contributed by atoms with Crippen LogP contribution in [-0.2, 0) is 24.8 Å². The van der Waals surface area contributed by atoms with Gasteiger partial charge in [0.05, 0.1) is 5.25 Å². The number of nitrogens with two attached hydrogens (primary N) is 2. The Morgan fingerprint density at radius 3 is 1.59 bits per heavy atom. The number of hydrogen-bond donors (Lipinski definition) is 3. The lowest BCUT2D eigenvalue weighted by atomic mass is 9.99. The number of ketones is 1. The zero-order chi connectivity index (χ0) is 24.6. The molecule has 0 amide bonds. The van der Waals surface area contributed by atoms with Crippen LogP contribution in [0.5, 0.6) is 0 Å². The Labute approximate surface area is 211 Å². The van der Waals surface area contributed by atoms with Crippen LogP contribution in [0.3, 0.4) is 0 Å². The van der Waals surface area contributed by atoms with E-state index >= 15 is 0 Å². The predicted octanol–water partition coefficient (Wildman–Crippen LogP) is -1.22. The summed E-state index contributed by atoms with van der Waals surface area (Å²) in [5, 5.41) is 12.0. The molecule has 4 aliphatic heterocycles. The second-order valence-electron chi connectivity index (χ2n) is 9.17. The molecule has 0 atom stereocenters. The van der Waals surface area contributed by atoms with Crippen molar-refractivity contribution in [1.82, 2.24) is 20.0 Å². The third kappa shape index (κ3) is 10.3. The van der Waals surface area contributed by atoms with E-state index in [1.54, 1.807) is 0 Å². The van der Waals surface area contributed by atoms with Gasteiger partial charge in [-0.25, -0.2) is 27.1 Å². The number of rotatable bonds is 5. The molecule has 0 aliphatic carbocycles. The van der Waals surface area contributed by atoms with E-state index in [9.17, 15) is 21.6 Å². The predicted molar refractivity (Wildman–Crippen MR) is 137 cm³/mol. The van der Waals surface area contributed by atoms with E-state index in [4.69, 9.17) is 10.3 Å². The van der Waals surface area contributed by atoms with Gasteiger partial charge in [0.2, 0.25) is 20.0 Å². The summed E-state index contributed by atoms with van der Waals surface area (Å²) in [6, 6.07) is 0.570. The standard InChI is InChI=1S/C10H21N3O2S.C7H13NO.C3H8N2O2S.ClH/c1-2-12-5-3-9(4-6-12)13-7-10(8-13)16(11,14)15;1-2-8-5-3-7(9)4-6-8;4-8(6,7)3-1-5-2-3;/h9-10H,2-8H2,1H3,(H2,11,14,15);2-6H2,1H3;3,5H,1-2H2,(H2,4,6,7);1H. The molecule has 14 heteroatoms. The van der Waals surface area contributed by atoms with Crippen LogP contribution in [0, 0.1) is 0 Å². The number of likely N-dealkylation sites (tertiary alicyclic amines) is 3. The van der Waals surface area contributed by atoms with Gasteiger partial charge in [0.25, 0.3) is 0 Å². The van der Waals surface area contributed by atoms with Gasteiger partial charge in [-0.2, -0.15) is 0 Å². The quantitative estimate of drug-likeness (QED) is 0.384. The summed E-state index contributed by atoms with van der Waals surface area (Å²) in [6.45, 7) is 13.1. The molecule has 0 spiro atoms. The topological polar surface area (TPSA) is 159 Å². The highest BCUT2D eigenvalue weighted by atomic mass is 35.5. The molecule has 5 N–H and O–H groups in total. The van der Waals surface area contributed by atoms with E-state index < -0.39 is 20.0 Å². The minimum atomic E-state index is -3.31. The van der Waals surface area contributed by atoms with Crippen LogP contribution in [0.15, 0.2) is 0 Å². The fourth-order valence-electron chi connectivity index (χ4n) is 4.19. The molecule has 0 unspecified atom stereocenters. The first kappa shape index (κ1) is 31.6. The van der Waals surface area contributed by atoms with Gasteiger partial charge in [0, 0.05) is 58.2 Å². The zero-order valence-corrected chi connectivity index (χ0v) is 22.8. The molecule has 202 valence electrons. The fraction of sp³-hybridized carbons (Fsp3) is 0.950. The average Bonchev–Trinajstić information content (AvgIpc) is 2.65. The molecule has 11 nitrogen and oxygen atoms in total. The molecule has 0 aromatic rings. The molecule has 0 aromatic heterocycles. The molecule has 4 saturated heterocycles. The molecule has 4 aliphatic rings. The molecular weight excluding hydrogens is 504 g/mol. The molecule has 0 bridgehead atoms. The molecule has 4 fully saturated rings. The van der Waals surface area contributed by atoms with Gasteiger partial charge < -0.3 is 15.1 Å². The summed E-state index contributed by atoms with van der Waals surface area (Å²) in [5.41, 5.74) is 0. The van der Waals surface area contributed by atoms with Crippen LogP contribution in [0.4, 0.5) is 0 Å². The van der Waals surface area contributed by atoms with Crippen molar-refractivity contribution in [3.8, 4) is 0 Å². The fourth-order valence-corrected chi connectivity index (χ4v) is 5.69. The molecule has 0 radical (unpaired) electrons. The SMILES string of the molecule is CCN1CCC(=O)CC1.CCN1CCC(N2CC(S(N)(=O)=O)C2)CC1.Cl.NS(=O)(=O)C1CNC1. The molecule has 4 rings (SSSR count). The largest absolute Gasteiger partial charge is 0.314 e. The monoisotopic (exact) mass is 546 g/mol. The number of sulfonamides is 2. The molecule has 0 saturated carbocycles. The Bertz CT molecular complexity index is 816. The summed E-state index contributed by atoms with van der Waals surface area (Å²) in [7, 11) is -6.53. The minimum absolute atomic E-state index is 0. The summed E-state index contributed by atoms with van der Waals surface area (Å²) in [6.07, 6.45) is 3.86. The number of piperidine rings is 2. The highest BCUT2D eigenvalue weighted by Crippen LogP contribution is 2.24. The van der Waals surface area contributed by atoms with E-state index in [2.05, 4.69) is 33.9 Å². The zero-order valence-electron chi connectivity index (χ0n) is 20.4. The van der Waals surface area contributed by atoms with E-state index in [-0.39, 0.29) is 22.9 Å². The first-order valence-electron chi connectivity index (χ1n) is 11.9. The summed E-state index contributed by atoms with van der Waals surface area (Å²) < 4.78 is 42.9. The number of primary sulfonamides is 2. The maximum absolute atomic E-state index is 11.1. The Kier molecular flexibility index (Phi) is 13.4. The summed E-state index contributed by atoms with van der Waals surface area (Å²) in [5.74, 6) is 0.430. The maximum atomic E-state index is 11.1. The highest BCUT2D eigenvalue weighted by molar-refractivity contribution is 7.90. The van der Waals surface area contributed by atoms with Crippen LogP contribution in [0.1, 0.15) is 39.5 Å². The number of nitrogens with one attached hydrogen (secondary N) is 1. The lowest BCUT2D eigenvalue weighted by Crippen LogP contribution is -2.61. The number of nitrogens with zero attached hydrogens (tertiary/aromatic N) is 3. The summed E-state index contributed by atoms with van der Waals surface area (Å²) in [4.78, 5) is 17.7. The lowest BCUT2D eigenvalue weighted by molar-refractivity contribution is -0.121. The van der Waals surface area contributed by atoms with Gasteiger partial charge in [-0.3, -0.25) is 9.69 Å². The molecule has 0 aromatic carbocycles. The summed E-state index contributed by atoms with van der Waals surface area (Å²) >= 11 is 0. The van der Waals surface area contributed by atoms with Crippen molar-refractivity contribution in [3.63, 3.8) is 0 Å². The lowest BCUT2D eigenvalue weighted by Gasteiger charge is -2.46. The third-order valence-electron chi connectivity index (χ3n) is 6.93. The van der Waals surface area contributed by atoms with E-state index in [0.717, 1.165) is 65.0 Å². The Morgan fingerprint density at radius 2 is 1.26 bits per heavy atom. The van der Waals surface area contributed by atoms with Crippen molar-refractivity contribution in [2.45, 2.75) is 56.1 Å². The molecule has 34 heavy (non-hydrogen) atoms. The Balaban J connectivity index is 0.000000274. The van der Waals surface area contributed by atoms with Crippen LogP contribution >= 0.6 is 12.4 Å². The van der Waals surface area contributed by atoms with Gasteiger partial charge >= 0.3 is 0 Å². The Hall–Kier alpha value is -0.380. The van der Waals surface area contributed by atoms with Crippen molar-refractivity contribution in [2.75, 3.05) is 65.4 Å². The van der Waals surface area contributed by atoms with E-state index in [1.807, 2.05) is 0 Å². The highest BCUT2D eigenvalue weighted by Gasteiger charge is 2.39. The maximum Gasteiger partial charge on any atom is 0.214 e. The molecule has 4 heterocycles. The smallest absolute Gasteiger partial charge is 0.214 e. The van der Waals surface area contributed by atoms with Crippen molar-refractivity contribution in [2.24, 2.45) is 10.3 Å². The van der Waals surface area contributed by atoms with Crippen molar-refractivity contribution < 1.29 is 21.6 Å². The number of halogens is 1. The first-order valence-corrected chi connectivity index (χ1v) is 15.1. The minimum Gasteiger partial charge on any atom is -0.314 e. The van der Waals surface area contributed by atoms with Gasteiger partial charge in [-0.05, 0) is 39.0 Å². The van der Waals surface area contributed by atoms with Crippen LogP contribution in [0.2, 0.25) is 0 Å². The van der Waals surface area contributed by atoms with Crippen LogP contribution in [-0.4, -0.2) is 119 Å². The third-order valence-corrected chi connectivity index (χ3v) is 9.42. The second-order valence-corrected chi connectivity index (χ2v) is 12.9. The van der Waals surface area contributed by atoms with Crippen molar-refractivity contribution in [1.29, 1.82) is 0 Å². The van der Waals surface area contributed by atoms with Gasteiger partial charge in [-0.15, -0.1) is 12.4 Å². The van der Waals surface area contributed by atoms with Crippen LogP contribution in [0.25, 0.3) is 0 Å². The van der Waals surface area contributed by atoms with Gasteiger partial charge in [-0.1, -0.05) is 13.8 Å².